The van der Waals surface area contributed by atoms with E-state index >= 15 is 0 Å². The summed E-state index contributed by atoms with van der Waals surface area (Å²) in [7, 11) is 0. The van der Waals surface area contributed by atoms with Crippen molar-refractivity contribution in [3.63, 3.8) is 0 Å². The minimum absolute atomic E-state index is 0.196. The van der Waals surface area contributed by atoms with Crippen molar-refractivity contribution in [2.45, 2.75) is 12.5 Å². The average Bonchev–Trinajstić information content (AvgIpc) is 4.23. The maximum Gasteiger partial charge on any atom is 0.321 e. The number of carbonyl (C=O) groups excluding carboxylic acids is 2. The van der Waals surface area contributed by atoms with E-state index in [4.69, 9.17) is 9.97 Å². The van der Waals surface area contributed by atoms with Crippen molar-refractivity contribution in [2.24, 2.45) is 0 Å². The zero-order valence-corrected chi connectivity index (χ0v) is 35.8. The highest BCUT2D eigenvalue weighted by Crippen LogP contribution is 2.40. The van der Waals surface area contributed by atoms with Crippen molar-refractivity contribution in [1.82, 2.24) is 30.2 Å². The zero-order chi connectivity index (χ0) is 44.4. The summed E-state index contributed by atoms with van der Waals surface area (Å²) in [5.74, 6) is 0. The number of anilines is 2. The second-order valence-electron chi connectivity index (χ2n) is 16.5. The molecule has 0 unspecified atom stereocenters. The Morgan fingerprint density at radius 2 is 0.909 bits per heavy atom. The van der Waals surface area contributed by atoms with Gasteiger partial charge in [0.2, 0.25) is 0 Å². The second kappa shape index (κ2) is 17.4. The van der Waals surface area contributed by atoms with Crippen molar-refractivity contribution in [2.75, 3.05) is 23.7 Å². The molecule has 11 rings (SSSR count). The van der Waals surface area contributed by atoms with Crippen LogP contribution in [0.15, 0.2) is 170 Å². The van der Waals surface area contributed by atoms with Crippen LogP contribution in [-0.2, 0) is 0 Å². The first-order valence-electron chi connectivity index (χ1n) is 22.1. The highest BCUT2D eigenvalue weighted by atomic mass is 16.2. The quantitative estimate of drug-likeness (QED) is 0.109. The average molecular weight is 861 g/mol. The van der Waals surface area contributed by atoms with Crippen LogP contribution in [0.3, 0.4) is 0 Å². The van der Waals surface area contributed by atoms with E-state index in [1.165, 1.54) is 0 Å². The minimum atomic E-state index is -0.302. The zero-order valence-electron chi connectivity index (χ0n) is 35.8. The summed E-state index contributed by atoms with van der Waals surface area (Å²) in [5, 5.41) is 9.15. The number of aromatic amines is 2. The number of likely N-dealkylation sites (tertiary alicyclic amines) is 1. The van der Waals surface area contributed by atoms with Crippen molar-refractivity contribution in [3.8, 4) is 44.5 Å². The Kier molecular flexibility index (Phi) is 10.6. The molecule has 6 heterocycles. The van der Waals surface area contributed by atoms with Crippen LogP contribution in [0.2, 0.25) is 0 Å². The number of H-pyrrole nitrogens is 2. The Bertz CT molecular complexity index is 3320. The first kappa shape index (κ1) is 40.0. The fourth-order valence-corrected chi connectivity index (χ4v) is 9.16. The third kappa shape index (κ3) is 7.92. The van der Waals surface area contributed by atoms with E-state index in [1.54, 1.807) is 4.90 Å². The molecule has 10 heteroatoms. The third-order valence-corrected chi connectivity index (χ3v) is 12.2. The van der Waals surface area contributed by atoms with Gasteiger partial charge in [-0.1, -0.05) is 127 Å². The molecule has 8 aromatic rings. The van der Waals surface area contributed by atoms with E-state index in [-0.39, 0.29) is 18.1 Å². The molecule has 5 N–H and O–H groups in total. The summed E-state index contributed by atoms with van der Waals surface area (Å²) in [6.07, 6.45) is 8.96. The number of benzene rings is 5. The van der Waals surface area contributed by atoms with Gasteiger partial charge in [0, 0.05) is 74.7 Å². The molecule has 3 aliphatic heterocycles. The molecule has 1 saturated heterocycles. The predicted octanol–water partition coefficient (Wildman–Crippen LogP) is 12.8. The van der Waals surface area contributed by atoms with Crippen LogP contribution in [0, 0.1) is 0 Å². The Morgan fingerprint density at radius 3 is 1.41 bits per heavy atom. The standard InChI is InChI=1S/C56H44N8O2/c65-55(57-39-21-11-4-12-22-39)58-40-33-34-64(35-40)56(66)63-42-24-14-13-23-41(42)54-49-31-29-47(61-49)52(37-17-7-2-8-18-37)45-27-25-43(59-45)51(36-15-5-1-6-16-36)44-26-28-46(60-44)53(38-19-9-3-10-20-38)48-30-32-50(54)62-48/h1-32,40,59,62H,33-35H2,(H,63,66)(H2,57,58,65)/t40-/m1/s1. The number of amides is 4. The van der Waals surface area contributed by atoms with Crippen molar-refractivity contribution >= 4 is 69.8 Å². The van der Waals surface area contributed by atoms with Crippen molar-refractivity contribution < 1.29 is 9.59 Å². The maximum absolute atomic E-state index is 14.1. The number of hydrogen-bond acceptors (Lipinski definition) is 4. The topological polar surface area (TPSA) is 131 Å². The molecule has 3 aromatic heterocycles. The molecule has 0 aliphatic carbocycles. The number of urea groups is 2. The molecule has 10 nitrogen and oxygen atoms in total. The van der Waals surface area contributed by atoms with Crippen LogP contribution in [0.25, 0.3) is 90.9 Å². The molecule has 0 spiro atoms. The molecule has 1 atom stereocenters. The van der Waals surface area contributed by atoms with Crippen LogP contribution in [0.4, 0.5) is 21.0 Å². The highest BCUT2D eigenvalue weighted by molar-refractivity contribution is 6.03. The van der Waals surface area contributed by atoms with Crippen molar-refractivity contribution in [1.29, 1.82) is 0 Å². The molecule has 5 aromatic carbocycles. The molecule has 4 amide bonds. The number of nitrogens with one attached hydrogen (secondary N) is 5. The molecule has 320 valence electrons. The van der Waals surface area contributed by atoms with E-state index < -0.39 is 0 Å². The summed E-state index contributed by atoms with van der Waals surface area (Å²) < 4.78 is 0. The predicted molar refractivity (Wildman–Crippen MR) is 268 cm³/mol. The molecule has 0 radical (unpaired) electrons. The number of nitrogens with zero attached hydrogens (tertiary/aromatic N) is 3. The van der Waals surface area contributed by atoms with Gasteiger partial charge >= 0.3 is 12.1 Å². The van der Waals surface area contributed by atoms with E-state index in [2.05, 4.69) is 123 Å². The smallest absolute Gasteiger partial charge is 0.321 e. The summed E-state index contributed by atoms with van der Waals surface area (Å²) in [6, 6.07) is 55.9. The molecule has 66 heavy (non-hydrogen) atoms. The lowest BCUT2D eigenvalue weighted by Crippen LogP contribution is -2.41. The SMILES string of the molecule is O=C(Nc1ccccc1)N[C@@H]1CCN(C(=O)Nc2ccccc2-c2c3nc(c(-c4ccccc4)c4ccc([nH]4)c(-c4ccccc4)c4nc(c(-c5ccccc5)c5ccc2[nH]5)C=C4)C=C3)C1. The van der Waals surface area contributed by atoms with E-state index in [0.29, 0.717) is 30.9 Å². The summed E-state index contributed by atoms with van der Waals surface area (Å²) in [5.41, 5.74) is 15.7. The van der Waals surface area contributed by atoms with Crippen molar-refractivity contribution in [3.05, 3.63) is 193 Å². The number of aromatic nitrogens is 4. The highest BCUT2D eigenvalue weighted by Gasteiger charge is 2.28. The normalized spacial score (nSPS) is 14.0. The number of rotatable bonds is 7. The maximum atomic E-state index is 14.1. The monoisotopic (exact) mass is 860 g/mol. The summed E-state index contributed by atoms with van der Waals surface area (Å²) >= 11 is 0. The van der Waals surface area contributed by atoms with Gasteiger partial charge in [0.05, 0.1) is 28.5 Å². The van der Waals surface area contributed by atoms with Crippen LogP contribution >= 0.6 is 0 Å². The first-order valence-corrected chi connectivity index (χ1v) is 22.1. The number of para-hydroxylation sites is 2. The lowest BCUT2D eigenvalue weighted by atomic mass is 10.0. The van der Waals surface area contributed by atoms with Gasteiger partial charge in [-0.25, -0.2) is 19.6 Å². The lowest BCUT2D eigenvalue weighted by Gasteiger charge is -2.20. The van der Waals surface area contributed by atoms with Gasteiger partial charge in [0.1, 0.15) is 0 Å². The second-order valence-corrected chi connectivity index (χ2v) is 16.5. The molecule has 3 aliphatic rings. The van der Waals surface area contributed by atoms with Gasteiger partial charge < -0.3 is 30.8 Å². The van der Waals surface area contributed by atoms with Crippen LogP contribution in [-0.4, -0.2) is 56.0 Å². The van der Waals surface area contributed by atoms with Gasteiger partial charge in [0.25, 0.3) is 0 Å². The number of carbonyl (C=O) groups is 2. The van der Waals surface area contributed by atoms with E-state index in [9.17, 15) is 9.59 Å². The Morgan fingerprint density at radius 1 is 0.485 bits per heavy atom. The number of hydrogen-bond donors (Lipinski definition) is 5. The first-order chi connectivity index (χ1) is 32.5. The van der Waals surface area contributed by atoms with Gasteiger partial charge in [-0.2, -0.15) is 0 Å². The fraction of sp³-hybridized carbons (Fsp3) is 0.0714. The largest absolute Gasteiger partial charge is 0.354 e. The van der Waals surface area contributed by atoms with Gasteiger partial charge in [-0.15, -0.1) is 0 Å². The molecular formula is C56H44N8O2. The van der Waals surface area contributed by atoms with E-state index in [1.807, 2.05) is 97.1 Å². The Labute approximate surface area is 381 Å². The van der Waals surface area contributed by atoms with E-state index in [0.717, 1.165) is 89.4 Å². The number of fused-ring (bicyclic) bond motifs is 8. The summed E-state index contributed by atoms with van der Waals surface area (Å²) in [4.78, 5) is 47.2. The fourth-order valence-electron chi connectivity index (χ4n) is 9.16. The molecule has 8 bridgehead atoms. The van der Waals surface area contributed by atoms with Gasteiger partial charge in [0.15, 0.2) is 0 Å². The summed E-state index contributed by atoms with van der Waals surface area (Å²) in [6.45, 7) is 0.868. The van der Waals surface area contributed by atoms with Gasteiger partial charge in [-0.3, -0.25) is 0 Å². The Hall–Kier alpha value is -8.76. The molecular weight excluding hydrogens is 817 g/mol. The molecule has 1 fully saturated rings. The minimum Gasteiger partial charge on any atom is -0.354 e. The molecule has 0 saturated carbocycles. The third-order valence-electron chi connectivity index (χ3n) is 12.2. The Balaban J connectivity index is 1.08. The van der Waals surface area contributed by atoms with Gasteiger partial charge in [-0.05, 0) is 89.9 Å². The lowest BCUT2D eigenvalue weighted by molar-refractivity contribution is 0.220. The van der Waals surface area contributed by atoms with Crippen LogP contribution < -0.4 is 16.0 Å². The van der Waals surface area contributed by atoms with Crippen LogP contribution in [0.5, 0.6) is 0 Å². The van der Waals surface area contributed by atoms with Crippen LogP contribution in [0.1, 0.15) is 29.2 Å².